The fourth-order valence-corrected chi connectivity index (χ4v) is 3.50. The number of hydrogen-bond donors (Lipinski definition) is 2. The standard InChI is InChI=1S/C19H18ClF3N6OS/c1-12-4-5-13(9-15(12)20)29-11-27-28-18(29)31-10-16(30)24-7-8-26-17-14(19(21,22)23)3-2-6-25-17/h2-6,9,11H,7-8,10H2,1H3,(H,24,30)(H,25,26). The maximum Gasteiger partial charge on any atom is 0.419 e. The number of aromatic nitrogens is 4. The Balaban J connectivity index is 1.48. The number of thioether (sulfide) groups is 1. The van der Waals surface area contributed by atoms with Crippen molar-refractivity contribution in [1.29, 1.82) is 0 Å². The molecule has 0 saturated heterocycles. The highest BCUT2D eigenvalue weighted by atomic mass is 35.5. The van der Waals surface area contributed by atoms with Crippen molar-refractivity contribution in [2.45, 2.75) is 18.3 Å². The van der Waals surface area contributed by atoms with E-state index in [1.165, 1.54) is 30.4 Å². The van der Waals surface area contributed by atoms with Crippen LogP contribution in [-0.4, -0.2) is 44.5 Å². The SMILES string of the molecule is Cc1ccc(-n2cnnc2SCC(=O)NCCNc2ncccc2C(F)(F)F)cc1Cl. The van der Waals surface area contributed by atoms with Crippen LogP contribution in [0.5, 0.6) is 0 Å². The Morgan fingerprint density at radius 3 is 2.81 bits per heavy atom. The predicted molar refractivity (Wildman–Crippen MR) is 113 cm³/mol. The third kappa shape index (κ3) is 6.11. The lowest BCUT2D eigenvalue weighted by atomic mass is 10.2. The van der Waals surface area contributed by atoms with Crippen molar-refractivity contribution in [3.05, 3.63) is 59.0 Å². The van der Waals surface area contributed by atoms with Crippen molar-refractivity contribution < 1.29 is 18.0 Å². The Bertz CT molecular complexity index is 1060. The highest BCUT2D eigenvalue weighted by molar-refractivity contribution is 7.99. The van der Waals surface area contributed by atoms with Gasteiger partial charge >= 0.3 is 6.18 Å². The van der Waals surface area contributed by atoms with Crippen molar-refractivity contribution in [3.63, 3.8) is 0 Å². The van der Waals surface area contributed by atoms with Crippen molar-refractivity contribution >= 4 is 35.1 Å². The molecule has 0 atom stereocenters. The van der Waals surface area contributed by atoms with E-state index in [2.05, 4.69) is 25.8 Å². The Kier molecular flexibility index (Phi) is 7.39. The van der Waals surface area contributed by atoms with Gasteiger partial charge in [-0.3, -0.25) is 9.36 Å². The lowest BCUT2D eigenvalue weighted by Gasteiger charge is -2.13. The number of hydrogen-bond acceptors (Lipinski definition) is 6. The minimum atomic E-state index is -4.51. The molecule has 0 radical (unpaired) electrons. The van der Waals surface area contributed by atoms with Crippen LogP contribution in [0.4, 0.5) is 19.0 Å². The zero-order chi connectivity index (χ0) is 22.4. The summed E-state index contributed by atoms with van der Waals surface area (Å²) in [7, 11) is 0. The van der Waals surface area contributed by atoms with Gasteiger partial charge in [0.2, 0.25) is 5.91 Å². The first-order chi connectivity index (χ1) is 14.8. The Morgan fingerprint density at radius 1 is 1.26 bits per heavy atom. The first-order valence-corrected chi connectivity index (χ1v) is 10.4. The molecule has 0 saturated carbocycles. The number of anilines is 1. The van der Waals surface area contributed by atoms with E-state index in [1.54, 1.807) is 10.6 Å². The summed E-state index contributed by atoms with van der Waals surface area (Å²) in [6, 6.07) is 7.69. The van der Waals surface area contributed by atoms with Crippen molar-refractivity contribution in [2.75, 3.05) is 24.2 Å². The third-order valence-corrected chi connectivity index (χ3v) is 5.49. The van der Waals surface area contributed by atoms with Gasteiger partial charge in [-0.2, -0.15) is 13.2 Å². The minimum absolute atomic E-state index is 0.0652. The second-order valence-electron chi connectivity index (χ2n) is 6.38. The first kappa shape index (κ1) is 22.9. The average Bonchev–Trinajstić information content (AvgIpc) is 3.20. The molecule has 164 valence electrons. The number of carbonyl (C=O) groups excluding carboxylic acids is 1. The Labute approximate surface area is 185 Å². The minimum Gasteiger partial charge on any atom is -0.368 e. The van der Waals surface area contributed by atoms with Crippen LogP contribution in [0.3, 0.4) is 0 Å². The summed E-state index contributed by atoms with van der Waals surface area (Å²) in [4.78, 5) is 15.8. The molecule has 3 rings (SSSR count). The van der Waals surface area contributed by atoms with Crippen LogP contribution in [0.25, 0.3) is 5.69 Å². The number of rotatable bonds is 8. The lowest BCUT2D eigenvalue weighted by Crippen LogP contribution is -2.30. The number of benzene rings is 1. The van der Waals surface area contributed by atoms with Crippen molar-refractivity contribution in [1.82, 2.24) is 25.1 Å². The van der Waals surface area contributed by atoms with Gasteiger partial charge in [-0.15, -0.1) is 10.2 Å². The average molecular weight is 471 g/mol. The molecule has 31 heavy (non-hydrogen) atoms. The van der Waals surface area contributed by atoms with Crippen LogP contribution in [-0.2, 0) is 11.0 Å². The molecular weight excluding hydrogens is 453 g/mol. The van der Waals surface area contributed by atoms with E-state index >= 15 is 0 Å². The summed E-state index contributed by atoms with van der Waals surface area (Å²) < 4.78 is 40.5. The van der Waals surface area contributed by atoms with E-state index in [0.29, 0.717) is 10.2 Å². The summed E-state index contributed by atoms with van der Waals surface area (Å²) in [5, 5.41) is 14.2. The molecule has 0 bridgehead atoms. The van der Waals surface area contributed by atoms with Gasteiger partial charge in [-0.05, 0) is 36.8 Å². The van der Waals surface area contributed by atoms with E-state index in [-0.39, 0.29) is 30.6 Å². The highest BCUT2D eigenvalue weighted by Gasteiger charge is 2.33. The molecule has 0 aliphatic carbocycles. The predicted octanol–water partition coefficient (Wildman–Crippen LogP) is 3.96. The molecular formula is C19H18ClF3N6OS. The van der Waals surface area contributed by atoms with Crippen LogP contribution < -0.4 is 10.6 Å². The van der Waals surface area contributed by atoms with Gasteiger partial charge in [-0.1, -0.05) is 29.4 Å². The maximum absolute atomic E-state index is 12.9. The molecule has 0 aliphatic rings. The number of amides is 1. The Hall–Kier alpha value is -2.79. The van der Waals surface area contributed by atoms with Gasteiger partial charge in [0.25, 0.3) is 0 Å². The van der Waals surface area contributed by atoms with Crippen LogP contribution in [0.1, 0.15) is 11.1 Å². The molecule has 12 heteroatoms. The quantitative estimate of drug-likeness (QED) is 0.383. The first-order valence-electron chi connectivity index (χ1n) is 9.08. The molecule has 3 aromatic rings. The molecule has 2 heterocycles. The van der Waals surface area contributed by atoms with Crippen molar-refractivity contribution in [2.24, 2.45) is 0 Å². The van der Waals surface area contributed by atoms with Crippen molar-refractivity contribution in [3.8, 4) is 5.69 Å². The van der Waals surface area contributed by atoms with Gasteiger partial charge in [0.05, 0.1) is 17.0 Å². The van der Waals surface area contributed by atoms with Gasteiger partial charge < -0.3 is 10.6 Å². The number of pyridine rings is 1. The molecule has 2 N–H and O–H groups in total. The Morgan fingerprint density at radius 2 is 2.06 bits per heavy atom. The fourth-order valence-electron chi connectivity index (χ4n) is 2.57. The molecule has 1 amide bonds. The van der Waals surface area contributed by atoms with Crippen LogP contribution in [0.15, 0.2) is 48.0 Å². The molecule has 0 fully saturated rings. The van der Waals surface area contributed by atoms with E-state index in [4.69, 9.17) is 11.6 Å². The number of alkyl halides is 3. The summed E-state index contributed by atoms with van der Waals surface area (Å²) in [6.45, 7) is 2.12. The molecule has 2 aromatic heterocycles. The molecule has 0 unspecified atom stereocenters. The number of carbonyl (C=O) groups is 1. The summed E-state index contributed by atoms with van der Waals surface area (Å²) in [5.41, 5.74) is 0.852. The number of halogens is 4. The zero-order valence-electron chi connectivity index (χ0n) is 16.3. The van der Waals surface area contributed by atoms with E-state index in [1.807, 2.05) is 19.1 Å². The van der Waals surface area contributed by atoms with Crippen LogP contribution in [0.2, 0.25) is 5.02 Å². The second kappa shape index (κ2) is 10.0. The summed E-state index contributed by atoms with van der Waals surface area (Å²) >= 11 is 7.34. The number of aryl methyl sites for hydroxylation is 1. The van der Waals surface area contributed by atoms with Gasteiger partial charge in [0.15, 0.2) is 5.16 Å². The normalized spacial score (nSPS) is 11.4. The molecule has 0 aliphatic heterocycles. The molecule has 0 spiro atoms. The van der Waals surface area contributed by atoms with Crippen LogP contribution in [0, 0.1) is 6.92 Å². The van der Waals surface area contributed by atoms with Gasteiger partial charge in [0, 0.05) is 24.3 Å². The number of nitrogens with zero attached hydrogens (tertiary/aromatic N) is 4. The second-order valence-corrected chi connectivity index (χ2v) is 7.73. The van der Waals surface area contributed by atoms with E-state index in [0.717, 1.165) is 17.3 Å². The summed E-state index contributed by atoms with van der Waals surface area (Å²) in [6.07, 6.45) is -1.71. The number of nitrogens with one attached hydrogen (secondary N) is 2. The van der Waals surface area contributed by atoms with E-state index < -0.39 is 11.7 Å². The van der Waals surface area contributed by atoms with Crippen LogP contribution >= 0.6 is 23.4 Å². The smallest absolute Gasteiger partial charge is 0.368 e. The van der Waals surface area contributed by atoms with Gasteiger partial charge in [-0.25, -0.2) is 4.98 Å². The monoisotopic (exact) mass is 470 g/mol. The highest BCUT2D eigenvalue weighted by Crippen LogP contribution is 2.33. The zero-order valence-corrected chi connectivity index (χ0v) is 17.9. The summed E-state index contributed by atoms with van der Waals surface area (Å²) in [5.74, 6) is -0.501. The fraction of sp³-hybridized carbons (Fsp3) is 0.263. The third-order valence-electron chi connectivity index (χ3n) is 4.14. The van der Waals surface area contributed by atoms with E-state index in [9.17, 15) is 18.0 Å². The lowest BCUT2D eigenvalue weighted by molar-refractivity contribution is -0.137. The molecule has 1 aromatic carbocycles. The molecule has 7 nitrogen and oxygen atoms in total. The maximum atomic E-state index is 12.9. The topological polar surface area (TPSA) is 84.7 Å². The largest absolute Gasteiger partial charge is 0.419 e. The van der Waals surface area contributed by atoms with Gasteiger partial charge in [0.1, 0.15) is 12.1 Å².